The van der Waals surface area contributed by atoms with E-state index < -0.39 is 22.7 Å². The van der Waals surface area contributed by atoms with E-state index in [0.29, 0.717) is 27.7 Å². The van der Waals surface area contributed by atoms with Crippen LogP contribution in [0.25, 0.3) is 0 Å². The minimum absolute atomic E-state index is 0.260. The maximum Gasteiger partial charge on any atom is 0.126 e. The summed E-state index contributed by atoms with van der Waals surface area (Å²) < 4.78 is 32.7. The molecule has 0 aliphatic heterocycles. The van der Waals surface area contributed by atoms with E-state index in [-0.39, 0.29) is 6.54 Å². The molecule has 0 saturated carbocycles. The van der Waals surface area contributed by atoms with Crippen LogP contribution in [0.15, 0.2) is 30.6 Å². The van der Waals surface area contributed by atoms with Crippen LogP contribution >= 0.6 is 23.2 Å². The van der Waals surface area contributed by atoms with Crippen molar-refractivity contribution < 1.29 is 13.5 Å². The lowest BCUT2D eigenvalue weighted by Gasteiger charge is -2.45. The lowest BCUT2D eigenvalue weighted by molar-refractivity contribution is -0.0969. The lowest BCUT2D eigenvalue weighted by Crippen LogP contribution is -2.50. The van der Waals surface area contributed by atoms with Crippen molar-refractivity contribution in [1.29, 1.82) is 0 Å². The fraction of sp³-hybridized carbons (Fsp3) is 0.421. The number of aromatic nitrogens is 1. The Hall–Kier alpha value is -1.27. The Morgan fingerprint density at radius 3 is 2.04 bits per heavy atom. The maximum atomic E-state index is 13.4. The molecule has 7 heteroatoms. The standard InChI is InChI=1S/C19H22Cl2F2N2O/c1-18(2,3)19(26-4,17-15(20)9-24-10-16(17)21)11-25-8-12-5-13(22)7-14(23)6-12/h5-7,9-10,25H,8,11H2,1-4H3. The molecule has 0 fully saturated rings. The minimum atomic E-state index is -0.879. The van der Waals surface area contributed by atoms with Gasteiger partial charge in [0.15, 0.2) is 0 Å². The molecule has 1 heterocycles. The summed E-state index contributed by atoms with van der Waals surface area (Å²) in [7, 11) is 1.59. The van der Waals surface area contributed by atoms with Gasteiger partial charge in [-0.1, -0.05) is 44.0 Å². The molecule has 0 radical (unpaired) electrons. The average Bonchev–Trinajstić information content (AvgIpc) is 2.51. The molecule has 0 aliphatic carbocycles. The van der Waals surface area contributed by atoms with Crippen LogP contribution < -0.4 is 5.32 Å². The number of pyridine rings is 1. The Bertz CT molecular complexity index is 740. The van der Waals surface area contributed by atoms with Crippen LogP contribution in [-0.2, 0) is 16.9 Å². The quantitative estimate of drug-likeness (QED) is 0.707. The van der Waals surface area contributed by atoms with Crippen molar-refractivity contribution in [3.63, 3.8) is 0 Å². The third-order valence-electron chi connectivity index (χ3n) is 4.44. The van der Waals surface area contributed by atoms with Crippen LogP contribution in [0.4, 0.5) is 8.78 Å². The number of halogens is 4. The van der Waals surface area contributed by atoms with Gasteiger partial charge in [-0.15, -0.1) is 0 Å². The van der Waals surface area contributed by atoms with Crippen molar-refractivity contribution in [2.75, 3.05) is 13.7 Å². The predicted octanol–water partition coefficient (Wildman–Crippen LogP) is 5.34. The molecule has 0 amide bonds. The first-order valence-electron chi connectivity index (χ1n) is 8.11. The highest BCUT2D eigenvalue weighted by molar-refractivity contribution is 6.36. The molecule has 1 atom stereocenters. The largest absolute Gasteiger partial charge is 0.372 e. The normalized spacial score (nSPS) is 14.3. The molecule has 26 heavy (non-hydrogen) atoms. The number of hydrogen-bond acceptors (Lipinski definition) is 3. The Morgan fingerprint density at radius 1 is 1.04 bits per heavy atom. The summed E-state index contributed by atoms with van der Waals surface area (Å²) in [4.78, 5) is 4.00. The molecule has 1 aromatic heterocycles. The van der Waals surface area contributed by atoms with Crippen molar-refractivity contribution >= 4 is 23.2 Å². The van der Waals surface area contributed by atoms with Gasteiger partial charge in [0, 0.05) is 44.2 Å². The van der Waals surface area contributed by atoms with E-state index in [4.69, 9.17) is 27.9 Å². The van der Waals surface area contributed by atoms with Gasteiger partial charge in [0.05, 0.1) is 10.0 Å². The zero-order valence-electron chi connectivity index (χ0n) is 15.2. The first-order valence-corrected chi connectivity index (χ1v) is 8.86. The molecule has 1 N–H and O–H groups in total. The molecule has 2 aromatic rings. The Balaban J connectivity index is 2.34. The van der Waals surface area contributed by atoms with E-state index in [1.807, 2.05) is 20.8 Å². The topological polar surface area (TPSA) is 34.1 Å². The summed E-state index contributed by atoms with van der Waals surface area (Å²) in [5.74, 6) is -1.23. The van der Waals surface area contributed by atoms with Gasteiger partial charge in [-0.05, 0) is 23.1 Å². The third-order valence-corrected chi connectivity index (χ3v) is 5.02. The monoisotopic (exact) mass is 402 g/mol. The van der Waals surface area contributed by atoms with E-state index in [1.165, 1.54) is 24.5 Å². The van der Waals surface area contributed by atoms with E-state index in [9.17, 15) is 8.78 Å². The zero-order valence-corrected chi connectivity index (χ0v) is 16.7. The molecule has 1 aromatic carbocycles. The minimum Gasteiger partial charge on any atom is -0.372 e. The van der Waals surface area contributed by atoms with Crippen molar-refractivity contribution in [3.05, 3.63) is 63.4 Å². The van der Waals surface area contributed by atoms with Crippen LogP contribution in [-0.4, -0.2) is 18.6 Å². The van der Waals surface area contributed by atoms with Gasteiger partial charge < -0.3 is 10.1 Å². The number of nitrogens with one attached hydrogen (secondary N) is 1. The number of rotatable bonds is 6. The van der Waals surface area contributed by atoms with Crippen LogP contribution in [0, 0.1) is 17.0 Å². The molecule has 0 bridgehead atoms. The lowest BCUT2D eigenvalue weighted by atomic mass is 9.72. The Kier molecular flexibility index (Phi) is 6.61. The van der Waals surface area contributed by atoms with Gasteiger partial charge in [0.25, 0.3) is 0 Å². The molecule has 3 nitrogen and oxygen atoms in total. The number of methoxy groups -OCH3 is 1. The summed E-state index contributed by atoms with van der Waals surface area (Å²) in [5.41, 5.74) is -0.149. The van der Waals surface area contributed by atoms with E-state index in [2.05, 4.69) is 10.3 Å². The summed E-state index contributed by atoms with van der Waals surface area (Å²) in [6.07, 6.45) is 3.04. The highest BCUT2D eigenvalue weighted by atomic mass is 35.5. The molecule has 2 rings (SSSR count). The highest BCUT2D eigenvalue weighted by Gasteiger charge is 2.46. The Labute approximate surface area is 162 Å². The fourth-order valence-corrected chi connectivity index (χ4v) is 3.77. The number of nitrogens with zero attached hydrogens (tertiary/aromatic N) is 1. The number of hydrogen-bond donors (Lipinski definition) is 1. The molecular formula is C19H22Cl2F2N2O. The van der Waals surface area contributed by atoms with E-state index in [1.54, 1.807) is 7.11 Å². The van der Waals surface area contributed by atoms with Crippen LogP contribution in [0.3, 0.4) is 0 Å². The molecular weight excluding hydrogens is 381 g/mol. The third kappa shape index (κ3) is 4.34. The van der Waals surface area contributed by atoms with Crippen molar-refractivity contribution in [2.24, 2.45) is 5.41 Å². The van der Waals surface area contributed by atoms with Crippen LogP contribution in [0.2, 0.25) is 10.0 Å². The molecule has 0 aliphatic rings. The summed E-state index contributed by atoms with van der Waals surface area (Å²) in [5, 5.41) is 4.00. The molecule has 0 saturated heterocycles. The first-order chi connectivity index (χ1) is 12.1. The summed E-state index contributed by atoms with van der Waals surface area (Å²) >= 11 is 12.8. The second-order valence-corrected chi connectivity index (χ2v) is 7.95. The van der Waals surface area contributed by atoms with Crippen LogP contribution in [0.5, 0.6) is 0 Å². The highest BCUT2D eigenvalue weighted by Crippen LogP contribution is 2.47. The second-order valence-electron chi connectivity index (χ2n) is 7.14. The maximum absolute atomic E-state index is 13.4. The van der Waals surface area contributed by atoms with Gasteiger partial charge in [-0.3, -0.25) is 4.98 Å². The van der Waals surface area contributed by atoms with E-state index >= 15 is 0 Å². The summed E-state index contributed by atoms with van der Waals surface area (Å²) in [6.45, 7) is 6.61. The van der Waals surface area contributed by atoms with Gasteiger partial charge in [-0.2, -0.15) is 0 Å². The Morgan fingerprint density at radius 2 is 1.58 bits per heavy atom. The van der Waals surface area contributed by atoms with Gasteiger partial charge in [-0.25, -0.2) is 8.78 Å². The predicted molar refractivity (Wildman–Crippen MR) is 100 cm³/mol. The van der Waals surface area contributed by atoms with Crippen molar-refractivity contribution in [2.45, 2.75) is 32.9 Å². The van der Waals surface area contributed by atoms with E-state index in [0.717, 1.165) is 6.07 Å². The zero-order chi connectivity index (χ0) is 19.5. The van der Waals surface area contributed by atoms with Gasteiger partial charge in [0.1, 0.15) is 17.2 Å². The SMILES string of the molecule is COC(CNCc1cc(F)cc(F)c1)(c1c(Cl)cncc1Cl)C(C)(C)C. The average molecular weight is 403 g/mol. The smallest absolute Gasteiger partial charge is 0.126 e. The van der Waals surface area contributed by atoms with Gasteiger partial charge in [0.2, 0.25) is 0 Å². The number of benzene rings is 1. The van der Waals surface area contributed by atoms with Crippen molar-refractivity contribution in [3.8, 4) is 0 Å². The summed E-state index contributed by atoms with van der Waals surface area (Å²) in [6, 6.07) is 3.41. The second kappa shape index (κ2) is 8.17. The van der Waals surface area contributed by atoms with Gasteiger partial charge >= 0.3 is 0 Å². The van der Waals surface area contributed by atoms with Crippen LogP contribution in [0.1, 0.15) is 31.9 Å². The molecule has 0 spiro atoms. The van der Waals surface area contributed by atoms with Crippen molar-refractivity contribution in [1.82, 2.24) is 10.3 Å². The first kappa shape index (κ1) is 21.0. The number of ether oxygens (including phenoxy) is 1. The fourth-order valence-electron chi connectivity index (χ4n) is 3.10. The molecule has 1 unspecified atom stereocenters. The molecule has 142 valence electrons.